The Labute approximate surface area is 118 Å². The Balaban J connectivity index is 2.14. The molecule has 19 heavy (non-hydrogen) atoms. The van der Waals surface area contributed by atoms with E-state index in [1.165, 1.54) is 0 Å². The lowest BCUT2D eigenvalue weighted by Gasteiger charge is -2.33. The summed E-state index contributed by atoms with van der Waals surface area (Å²) in [5, 5.41) is 3.47. The molecule has 1 atom stereocenters. The first-order valence-electron chi connectivity index (χ1n) is 6.44. The molecule has 4 nitrogen and oxygen atoms in total. The molecule has 1 aromatic carbocycles. The second-order valence-corrected chi connectivity index (χ2v) is 5.57. The van der Waals surface area contributed by atoms with Gasteiger partial charge in [0.05, 0.1) is 12.6 Å². The van der Waals surface area contributed by atoms with Gasteiger partial charge in [-0.3, -0.25) is 4.90 Å². The third-order valence-corrected chi connectivity index (χ3v) is 3.58. The van der Waals surface area contributed by atoms with E-state index in [2.05, 4.69) is 12.2 Å². The number of halogens is 1. The Bertz CT molecular complexity index is 476. The van der Waals surface area contributed by atoms with Crippen molar-refractivity contribution in [2.24, 2.45) is 0 Å². The summed E-state index contributed by atoms with van der Waals surface area (Å²) in [4.78, 5) is 14.2. The van der Waals surface area contributed by atoms with Crippen molar-refractivity contribution in [3.63, 3.8) is 0 Å². The first-order valence-corrected chi connectivity index (χ1v) is 6.81. The molecule has 1 N–H and O–H groups in total. The van der Waals surface area contributed by atoms with Gasteiger partial charge in [0.1, 0.15) is 5.72 Å². The lowest BCUT2D eigenvalue weighted by Crippen LogP contribution is -2.49. The highest BCUT2D eigenvalue weighted by Crippen LogP contribution is 2.29. The summed E-state index contributed by atoms with van der Waals surface area (Å²) < 4.78 is 5.68. The summed E-state index contributed by atoms with van der Waals surface area (Å²) in [6.45, 7) is 6.43. The fraction of sp³-hybridized carbons (Fsp3) is 0.500. The first-order chi connectivity index (χ1) is 8.94. The largest absolute Gasteiger partial charge is 0.354 e. The Hall–Kier alpha value is -1.26. The van der Waals surface area contributed by atoms with Gasteiger partial charge in [0.15, 0.2) is 0 Å². The van der Waals surface area contributed by atoms with Crippen LogP contribution in [-0.4, -0.2) is 29.3 Å². The molecule has 0 bridgehead atoms. The molecule has 1 unspecified atom stereocenters. The van der Waals surface area contributed by atoms with E-state index in [1.54, 1.807) is 23.1 Å². The summed E-state index contributed by atoms with van der Waals surface area (Å²) in [5.41, 5.74) is 0.110. The Kier molecular flexibility index (Phi) is 4.02. The molecule has 0 radical (unpaired) electrons. The van der Waals surface area contributed by atoms with Gasteiger partial charge in [-0.1, -0.05) is 24.6 Å². The fourth-order valence-electron chi connectivity index (χ4n) is 2.34. The molecule has 1 aromatic rings. The van der Waals surface area contributed by atoms with Gasteiger partial charge in [-0.25, -0.2) is 4.79 Å². The number of amides is 2. The number of nitrogens with zero attached hydrogens (tertiary/aromatic N) is 1. The van der Waals surface area contributed by atoms with Crippen molar-refractivity contribution in [3.05, 3.63) is 29.3 Å². The van der Waals surface area contributed by atoms with E-state index in [4.69, 9.17) is 16.3 Å². The number of urea groups is 1. The minimum absolute atomic E-state index is 0.106. The lowest BCUT2D eigenvalue weighted by atomic mass is 10.2. The van der Waals surface area contributed by atoms with Crippen LogP contribution in [0.5, 0.6) is 0 Å². The number of carbonyl (C=O) groups excluding carboxylic acids is 1. The predicted octanol–water partition coefficient (Wildman–Crippen LogP) is 3.72. The maximum atomic E-state index is 12.4. The monoisotopic (exact) mass is 282 g/mol. The maximum absolute atomic E-state index is 12.4. The van der Waals surface area contributed by atoms with Gasteiger partial charge in [0, 0.05) is 10.7 Å². The van der Waals surface area contributed by atoms with E-state index in [0.29, 0.717) is 17.3 Å². The van der Waals surface area contributed by atoms with Crippen molar-refractivity contribution >= 4 is 23.3 Å². The van der Waals surface area contributed by atoms with Crippen molar-refractivity contribution in [1.29, 1.82) is 0 Å². The molecule has 104 valence electrons. The number of benzene rings is 1. The third kappa shape index (κ3) is 3.01. The number of hydrogen-bond acceptors (Lipinski definition) is 2. The second-order valence-electron chi connectivity index (χ2n) is 5.13. The van der Waals surface area contributed by atoms with Crippen LogP contribution in [0.4, 0.5) is 10.5 Å². The summed E-state index contributed by atoms with van der Waals surface area (Å²) in [6.07, 6.45) is 0.867. The van der Waals surface area contributed by atoms with Crippen LogP contribution < -0.4 is 5.32 Å². The smallest absolute Gasteiger partial charge is 0.324 e. The van der Waals surface area contributed by atoms with Crippen molar-refractivity contribution in [1.82, 2.24) is 4.90 Å². The van der Waals surface area contributed by atoms with Crippen LogP contribution in [0.25, 0.3) is 0 Å². The molecular formula is C14H19ClN2O2. The zero-order valence-corrected chi connectivity index (χ0v) is 12.2. The number of hydrogen-bond donors (Lipinski definition) is 1. The number of carbonyl (C=O) groups is 1. The van der Waals surface area contributed by atoms with Crippen molar-refractivity contribution in [2.45, 2.75) is 39.0 Å². The van der Waals surface area contributed by atoms with Gasteiger partial charge in [0.2, 0.25) is 0 Å². The van der Waals surface area contributed by atoms with Crippen molar-refractivity contribution in [2.75, 3.05) is 11.9 Å². The number of nitrogens with one attached hydrogen (secondary N) is 1. The number of rotatable bonds is 2. The van der Waals surface area contributed by atoms with Gasteiger partial charge in [-0.2, -0.15) is 0 Å². The van der Waals surface area contributed by atoms with Gasteiger partial charge in [0.25, 0.3) is 0 Å². The average Bonchev–Trinajstić information content (AvgIpc) is 2.64. The molecule has 0 aromatic heterocycles. The second kappa shape index (κ2) is 5.39. The SMILES string of the molecule is CCC1COC(C)(C)N1C(=O)Nc1cccc(Cl)c1. The normalized spacial score (nSPS) is 21.5. The molecule has 1 saturated heterocycles. The highest BCUT2D eigenvalue weighted by Gasteiger charge is 2.42. The predicted molar refractivity (Wildman–Crippen MR) is 76.4 cm³/mol. The molecule has 1 aliphatic heterocycles. The van der Waals surface area contributed by atoms with Gasteiger partial charge in [-0.05, 0) is 38.5 Å². The average molecular weight is 283 g/mol. The third-order valence-electron chi connectivity index (χ3n) is 3.34. The van der Waals surface area contributed by atoms with Crippen LogP contribution >= 0.6 is 11.6 Å². The van der Waals surface area contributed by atoms with Gasteiger partial charge < -0.3 is 10.1 Å². The number of ether oxygens (including phenoxy) is 1. The zero-order valence-electron chi connectivity index (χ0n) is 11.4. The quantitative estimate of drug-likeness (QED) is 0.898. The molecule has 0 spiro atoms. The van der Waals surface area contributed by atoms with E-state index in [9.17, 15) is 4.79 Å². The van der Waals surface area contributed by atoms with E-state index in [0.717, 1.165) is 6.42 Å². The first kappa shape index (κ1) is 14.2. The minimum atomic E-state index is -0.580. The highest BCUT2D eigenvalue weighted by atomic mass is 35.5. The Morgan fingerprint density at radius 2 is 2.32 bits per heavy atom. The summed E-state index contributed by atoms with van der Waals surface area (Å²) in [7, 11) is 0. The zero-order chi connectivity index (χ0) is 14.0. The summed E-state index contributed by atoms with van der Waals surface area (Å²) in [5.74, 6) is 0. The summed E-state index contributed by atoms with van der Waals surface area (Å²) >= 11 is 5.91. The molecule has 5 heteroatoms. The Morgan fingerprint density at radius 1 is 1.58 bits per heavy atom. The van der Waals surface area contributed by atoms with Crippen LogP contribution in [0, 0.1) is 0 Å². The van der Waals surface area contributed by atoms with Gasteiger partial charge in [-0.15, -0.1) is 0 Å². The molecule has 0 aliphatic carbocycles. The molecular weight excluding hydrogens is 264 g/mol. The molecule has 1 fully saturated rings. The van der Waals surface area contributed by atoms with Crippen LogP contribution in [0.3, 0.4) is 0 Å². The van der Waals surface area contributed by atoms with Crippen molar-refractivity contribution in [3.8, 4) is 0 Å². The molecule has 2 amide bonds. The molecule has 1 aliphatic rings. The van der Waals surface area contributed by atoms with Crippen LogP contribution in [-0.2, 0) is 4.74 Å². The van der Waals surface area contributed by atoms with E-state index < -0.39 is 5.72 Å². The van der Waals surface area contributed by atoms with Crippen LogP contribution in [0.2, 0.25) is 5.02 Å². The van der Waals surface area contributed by atoms with Gasteiger partial charge >= 0.3 is 6.03 Å². The van der Waals surface area contributed by atoms with E-state index in [-0.39, 0.29) is 12.1 Å². The Morgan fingerprint density at radius 3 is 2.95 bits per heavy atom. The van der Waals surface area contributed by atoms with Crippen molar-refractivity contribution < 1.29 is 9.53 Å². The maximum Gasteiger partial charge on any atom is 0.324 e. The topological polar surface area (TPSA) is 41.6 Å². The lowest BCUT2D eigenvalue weighted by molar-refractivity contribution is -0.0301. The van der Waals surface area contributed by atoms with Crippen LogP contribution in [0.15, 0.2) is 24.3 Å². The molecule has 2 rings (SSSR count). The van der Waals surface area contributed by atoms with Crippen LogP contribution in [0.1, 0.15) is 27.2 Å². The molecule has 1 heterocycles. The highest BCUT2D eigenvalue weighted by molar-refractivity contribution is 6.30. The van der Waals surface area contributed by atoms with E-state index >= 15 is 0 Å². The fourth-order valence-corrected chi connectivity index (χ4v) is 2.53. The summed E-state index contributed by atoms with van der Waals surface area (Å²) in [6, 6.07) is 7.07. The minimum Gasteiger partial charge on any atom is -0.354 e. The number of anilines is 1. The van der Waals surface area contributed by atoms with E-state index in [1.807, 2.05) is 19.9 Å². The molecule has 0 saturated carbocycles. The standard InChI is InChI=1S/C14H19ClN2O2/c1-4-12-9-19-14(2,3)17(12)13(18)16-11-7-5-6-10(15)8-11/h5-8,12H,4,9H2,1-3H3,(H,16,18).